The Balaban J connectivity index is 1.62. The molecule has 1 saturated heterocycles. The van der Waals surface area contributed by atoms with Crippen molar-refractivity contribution in [1.82, 2.24) is 10.6 Å². The summed E-state index contributed by atoms with van der Waals surface area (Å²) < 4.78 is 12.9. The Hall–Kier alpha value is -0.930. The molecule has 0 amide bonds. The van der Waals surface area contributed by atoms with E-state index in [4.69, 9.17) is 0 Å². The first-order valence-corrected chi connectivity index (χ1v) is 6.50. The molecule has 1 atom stereocenters. The molecule has 2 rings (SSSR count). The van der Waals surface area contributed by atoms with Gasteiger partial charge >= 0.3 is 0 Å². The van der Waals surface area contributed by atoms with Gasteiger partial charge in [0, 0.05) is 6.54 Å². The quantitative estimate of drug-likeness (QED) is 0.767. The lowest BCUT2D eigenvalue weighted by molar-refractivity contribution is 0.352. The smallest absolute Gasteiger partial charge is 0.123 e. The van der Waals surface area contributed by atoms with Crippen molar-refractivity contribution in [3.8, 4) is 0 Å². The summed E-state index contributed by atoms with van der Waals surface area (Å²) >= 11 is 0. The van der Waals surface area contributed by atoms with E-state index in [0.717, 1.165) is 31.1 Å². The second kappa shape index (κ2) is 6.72. The molecular weight excluding hydrogens is 215 g/mol. The van der Waals surface area contributed by atoms with Crippen LogP contribution in [0.2, 0.25) is 0 Å². The minimum atomic E-state index is -0.152. The molecule has 0 aromatic heterocycles. The van der Waals surface area contributed by atoms with Crippen LogP contribution in [-0.4, -0.2) is 19.6 Å². The van der Waals surface area contributed by atoms with Gasteiger partial charge in [-0.1, -0.05) is 12.1 Å². The number of hydrogen-bond donors (Lipinski definition) is 2. The lowest BCUT2D eigenvalue weighted by Crippen LogP contribution is -2.31. The van der Waals surface area contributed by atoms with Crippen molar-refractivity contribution in [2.45, 2.75) is 25.8 Å². The van der Waals surface area contributed by atoms with Gasteiger partial charge in [-0.05, 0) is 62.5 Å². The maximum atomic E-state index is 12.9. The maximum absolute atomic E-state index is 12.9. The number of benzene rings is 1. The second-order valence-corrected chi connectivity index (χ2v) is 4.81. The van der Waals surface area contributed by atoms with Gasteiger partial charge < -0.3 is 10.6 Å². The monoisotopic (exact) mass is 236 g/mol. The summed E-state index contributed by atoms with van der Waals surface area (Å²) in [4.78, 5) is 0. The van der Waals surface area contributed by atoms with Crippen LogP contribution in [0.5, 0.6) is 0 Å². The molecule has 0 bridgehead atoms. The van der Waals surface area contributed by atoms with Crippen molar-refractivity contribution in [2.75, 3.05) is 19.6 Å². The molecule has 17 heavy (non-hydrogen) atoms. The van der Waals surface area contributed by atoms with Crippen molar-refractivity contribution in [2.24, 2.45) is 5.92 Å². The second-order valence-electron chi connectivity index (χ2n) is 4.81. The summed E-state index contributed by atoms with van der Waals surface area (Å²) in [5.41, 5.74) is 1.02. The number of nitrogens with one attached hydrogen (secondary N) is 2. The minimum Gasteiger partial charge on any atom is -0.316 e. The number of halogens is 1. The zero-order valence-corrected chi connectivity index (χ0v) is 10.2. The largest absolute Gasteiger partial charge is 0.316 e. The molecule has 94 valence electrons. The molecule has 1 aromatic rings. The lowest BCUT2D eigenvalue weighted by Gasteiger charge is -2.22. The van der Waals surface area contributed by atoms with Crippen molar-refractivity contribution < 1.29 is 4.39 Å². The van der Waals surface area contributed by atoms with E-state index in [-0.39, 0.29) is 5.82 Å². The normalized spacial score (nSPS) is 20.4. The summed E-state index contributed by atoms with van der Waals surface area (Å²) in [6.07, 6.45) is 3.85. The Morgan fingerprint density at radius 2 is 2.35 bits per heavy atom. The SMILES string of the molecule is Fc1cccc(CNCCC2CCCNC2)c1. The van der Waals surface area contributed by atoms with E-state index in [1.165, 1.54) is 31.9 Å². The highest BCUT2D eigenvalue weighted by Crippen LogP contribution is 2.13. The van der Waals surface area contributed by atoms with Gasteiger partial charge in [0.15, 0.2) is 0 Å². The van der Waals surface area contributed by atoms with Crippen molar-refractivity contribution >= 4 is 0 Å². The average molecular weight is 236 g/mol. The van der Waals surface area contributed by atoms with Crippen LogP contribution in [0.3, 0.4) is 0 Å². The van der Waals surface area contributed by atoms with Gasteiger partial charge in [-0.15, -0.1) is 0 Å². The first-order chi connectivity index (χ1) is 8.34. The van der Waals surface area contributed by atoms with Crippen LogP contribution in [0.4, 0.5) is 4.39 Å². The van der Waals surface area contributed by atoms with Crippen molar-refractivity contribution in [3.63, 3.8) is 0 Å². The molecule has 1 aromatic carbocycles. The predicted octanol–water partition coefficient (Wildman–Crippen LogP) is 2.31. The summed E-state index contributed by atoms with van der Waals surface area (Å²) in [6.45, 7) is 4.11. The standard InChI is InChI=1S/C14H21FN2/c15-14-5-1-3-13(9-14)11-17-8-6-12-4-2-7-16-10-12/h1,3,5,9,12,16-17H,2,4,6-8,10-11H2. The van der Waals surface area contributed by atoms with Gasteiger partial charge in [0.05, 0.1) is 0 Å². The van der Waals surface area contributed by atoms with Gasteiger partial charge in [0.2, 0.25) is 0 Å². The number of piperidine rings is 1. The van der Waals surface area contributed by atoms with Gasteiger partial charge in [0.25, 0.3) is 0 Å². The highest BCUT2D eigenvalue weighted by molar-refractivity contribution is 5.15. The highest BCUT2D eigenvalue weighted by atomic mass is 19.1. The molecule has 0 radical (unpaired) electrons. The van der Waals surface area contributed by atoms with Crippen LogP contribution in [0.15, 0.2) is 24.3 Å². The van der Waals surface area contributed by atoms with Crippen LogP contribution in [0.1, 0.15) is 24.8 Å². The Kier molecular flexibility index (Phi) is 4.95. The molecule has 1 unspecified atom stereocenters. The topological polar surface area (TPSA) is 24.1 Å². The molecule has 3 heteroatoms. The molecule has 2 nitrogen and oxygen atoms in total. The molecule has 1 aliphatic rings. The van der Waals surface area contributed by atoms with E-state index in [1.54, 1.807) is 12.1 Å². The van der Waals surface area contributed by atoms with Gasteiger partial charge in [0.1, 0.15) is 5.82 Å². The predicted molar refractivity (Wildman–Crippen MR) is 68.3 cm³/mol. The van der Waals surface area contributed by atoms with Crippen LogP contribution in [0, 0.1) is 11.7 Å². The van der Waals surface area contributed by atoms with Gasteiger partial charge in [-0.3, -0.25) is 0 Å². The van der Waals surface area contributed by atoms with E-state index in [1.807, 2.05) is 6.07 Å². The lowest BCUT2D eigenvalue weighted by atomic mass is 9.96. The third-order valence-corrected chi connectivity index (χ3v) is 3.35. The molecule has 2 N–H and O–H groups in total. The van der Waals surface area contributed by atoms with Crippen LogP contribution in [0.25, 0.3) is 0 Å². The third-order valence-electron chi connectivity index (χ3n) is 3.35. The number of hydrogen-bond acceptors (Lipinski definition) is 2. The van der Waals surface area contributed by atoms with E-state index in [9.17, 15) is 4.39 Å². The summed E-state index contributed by atoms with van der Waals surface area (Å²) in [7, 11) is 0. The number of rotatable bonds is 5. The summed E-state index contributed by atoms with van der Waals surface area (Å²) in [5.74, 6) is 0.657. The maximum Gasteiger partial charge on any atom is 0.123 e. The molecule has 1 heterocycles. The first kappa shape index (κ1) is 12.5. The average Bonchev–Trinajstić information content (AvgIpc) is 2.36. The molecule has 0 spiro atoms. The van der Waals surface area contributed by atoms with Gasteiger partial charge in [-0.25, -0.2) is 4.39 Å². The Bertz CT molecular complexity index is 335. The summed E-state index contributed by atoms with van der Waals surface area (Å²) in [5, 5.41) is 6.81. The van der Waals surface area contributed by atoms with Crippen molar-refractivity contribution in [3.05, 3.63) is 35.6 Å². The minimum absolute atomic E-state index is 0.152. The van der Waals surface area contributed by atoms with E-state index in [2.05, 4.69) is 10.6 Å². The molecule has 1 aliphatic heterocycles. The van der Waals surface area contributed by atoms with E-state index in [0.29, 0.717) is 0 Å². The third kappa shape index (κ3) is 4.44. The van der Waals surface area contributed by atoms with E-state index < -0.39 is 0 Å². The fourth-order valence-electron chi connectivity index (χ4n) is 2.36. The van der Waals surface area contributed by atoms with E-state index >= 15 is 0 Å². The zero-order valence-electron chi connectivity index (χ0n) is 10.2. The molecule has 0 aliphatic carbocycles. The molecule has 0 saturated carbocycles. The fourth-order valence-corrected chi connectivity index (χ4v) is 2.36. The first-order valence-electron chi connectivity index (χ1n) is 6.50. The Labute approximate surface area is 103 Å². The van der Waals surface area contributed by atoms with Gasteiger partial charge in [-0.2, -0.15) is 0 Å². The Morgan fingerprint density at radius 1 is 1.41 bits per heavy atom. The van der Waals surface area contributed by atoms with Crippen LogP contribution >= 0.6 is 0 Å². The molecule has 1 fully saturated rings. The zero-order chi connectivity index (χ0) is 11.9. The highest BCUT2D eigenvalue weighted by Gasteiger charge is 2.11. The Morgan fingerprint density at radius 3 is 3.12 bits per heavy atom. The van der Waals surface area contributed by atoms with Crippen molar-refractivity contribution in [1.29, 1.82) is 0 Å². The fraction of sp³-hybridized carbons (Fsp3) is 0.571. The molecular formula is C14H21FN2. The van der Waals surface area contributed by atoms with Crippen LogP contribution < -0.4 is 10.6 Å². The van der Waals surface area contributed by atoms with Crippen LogP contribution in [-0.2, 0) is 6.54 Å². The summed E-state index contributed by atoms with van der Waals surface area (Å²) in [6, 6.07) is 6.79.